The SMILES string of the molecule is Nc1ccc(Nc2c(Cl)cc(F)cc2Br)cc1. The summed E-state index contributed by atoms with van der Waals surface area (Å²) >= 11 is 9.22. The van der Waals surface area contributed by atoms with Crippen molar-refractivity contribution >= 4 is 44.6 Å². The lowest BCUT2D eigenvalue weighted by molar-refractivity contribution is 0.627. The number of nitrogen functional groups attached to an aromatic ring is 1. The van der Waals surface area contributed by atoms with E-state index in [2.05, 4.69) is 21.2 Å². The Balaban J connectivity index is 2.33. The van der Waals surface area contributed by atoms with E-state index in [0.717, 1.165) is 5.69 Å². The van der Waals surface area contributed by atoms with Crippen LogP contribution in [-0.2, 0) is 0 Å². The molecule has 0 radical (unpaired) electrons. The van der Waals surface area contributed by atoms with Gasteiger partial charge in [0, 0.05) is 15.8 Å². The van der Waals surface area contributed by atoms with E-state index >= 15 is 0 Å². The molecule has 0 aliphatic heterocycles. The van der Waals surface area contributed by atoms with E-state index in [4.69, 9.17) is 17.3 Å². The Hall–Kier alpha value is -1.26. The van der Waals surface area contributed by atoms with Crippen LogP contribution < -0.4 is 11.1 Å². The summed E-state index contributed by atoms with van der Waals surface area (Å²) in [6, 6.07) is 9.79. The van der Waals surface area contributed by atoms with Gasteiger partial charge < -0.3 is 11.1 Å². The smallest absolute Gasteiger partial charge is 0.125 e. The zero-order valence-electron chi connectivity index (χ0n) is 8.68. The summed E-state index contributed by atoms with van der Waals surface area (Å²) in [6.45, 7) is 0. The highest BCUT2D eigenvalue weighted by Crippen LogP contribution is 2.34. The average Bonchev–Trinajstić information content (AvgIpc) is 2.26. The summed E-state index contributed by atoms with van der Waals surface area (Å²) in [5.74, 6) is -0.385. The molecule has 0 aromatic heterocycles. The van der Waals surface area contributed by atoms with Gasteiger partial charge in [0.25, 0.3) is 0 Å². The van der Waals surface area contributed by atoms with Gasteiger partial charge in [-0.3, -0.25) is 0 Å². The third-order valence-corrected chi connectivity index (χ3v) is 3.11. The summed E-state index contributed by atoms with van der Waals surface area (Å²) in [5, 5.41) is 3.41. The molecular weight excluding hydrogens is 307 g/mol. The van der Waals surface area contributed by atoms with Crippen LogP contribution in [0.5, 0.6) is 0 Å². The maximum absolute atomic E-state index is 13.0. The minimum Gasteiger partial charge on any atom is -0.399 e. The van der Waals surface area contributed by atoms with E-state index in [9.17, 15) is 4.39 Å². The van der Waals surface area contributed by atoms with E-state index in [1.807, 2.05) is 12.1 Å². The quantitative estimate of drug-likeness (QED) is 0.797. The summed E-state index contributed by atoms with van der Waals surface area (Å²) in [4.78, 5) is 0. The highest BCUT2D eigenvalue weighted by Gasteiger charge is 2.08. The molecule has 0 atom stereocenters. The fourth-order valence-corrected chi connectivity index (χ4v) is 2.27. The Morgan fingerprint density at radius 2 is 1.82 bits per heavy atom. The third-order valence-electron chi connectivity index (χ3n) is 2.19. The predicted molar refractivity (Wildman–Crippen MR) is 73.2 cm³/mol. The maximum Gasteiger partial charge on any atom is 0.125 e. The zero-order chi connectivity index (χ0) is 12.4. The van der Waals surface area contributed by atoms with Crippen LogP contribution in [0.25, 0.3) is 0 Å². The highest BCUT2D eigenvalue weighted by atomic mass is 79.9. The van der Waals surface area contributed by atoms with Gasteiger partial charge in [-0.1, -0.05) is 11.6 Å². The standard InChI is InChI=1S/C12H9BrClFN2/c13-10-5-7(15)6-11(14)12(10)17-9-3-1-8(16)2-4-9/h1-6,17H,16H2. The molecule has 0 saturated heterocycles. The van der Waals surface area contributed by atoms with Crippen LogP contribution in [0.3, 0.4) is 0 Å². The molecule has 5 heteroatoms. The molecule has 0 unspecified atom stereocenters. The third kappa shape index (κ3) is 2.90. The molecule has 0 heterocycles. The van der Waals surface area contributed by atoms with Crippen molar-refractivity contribution in [2.45, 2.75) is 0 Å². The summed E-state index contributed by atoms with van der Waals surface area (Å²) in [5.41, 5.74) is 7.72. The van der Waals surface area contributed by atoms with Gasteiger partial charge in [-0.2, -0.15) is 0 Å². The van der Waals surface area contributed by atoms with Crippen LogP contribution in [0.1, 0.15) is 0 Å². The second-order valence-corrected chi connectivity index (χ2v) is 4.75. The van der Waals surface area contributed by atoms with Gasteiger partial charge in [0.05, 0.1) is 10.7 Å². The molecular formula is C12H9BrClFN2. The number of hydrogen-bond donors (Lipinski definition) is 2. The number of anilines is 3. The van der Waals surface area contributed by atoms with Crippen molar-refractivity contribution in [1.29, 1.82) is 0 Å². The number of rotatable bonds is 2. The van der Waals surface area contributed by atoms with Gasteiger partial charge in [0.2, 0.25) is 0 Å². The Bertz CT molecular complexity index is 520. The van der Waals surface area contributed by atoms with Crippen molar-refractivity contribution in [2.75, 3.05) is 11.1 Å². The minimum atomic E-state index is -0.385. The second kappa shape index (κ2) is 4.94. The Labute approximate surface area is 112 Å². The van der Waals surface area contributed by atoms with Crippen molar-refractivity contribution in [3.05, 3.63) is 51.7 Å². The molecule has 2 aromatic rings. The number of nitrogens with one attached hydrogen (secondary N) is 1. The Morgan fingerprint density at radius 1 is 1.18 bits per heavy atom. The van der Waals surface area contributed by atoms with Crippen molar-refractivity contribution < 1.29 is 4.39 Å². The van der Waals surface area contributed by atoms with Gasteiger partial charge in [0.1, 0.15) is 5.82 Å². The first-order valence-electron chi connectivity index (χ1n) is 4.83. The van der Waals surface area contributed by atoms with Crippen LogP contribution >= 0.6 is 27.5 Å². The lowest BCUT2D eigenvalue weighted by Gasteiger charge is -2.11. The van der Waals surface area contributed by atoms with Crippen molar-refractivity contribution in [3.8, 4) is 0 Å². The first-order valence-corrected chi connectivity index (χ1v) is 6.00. The monoisotopic (exact) mass is 314 g/mol. The topological polar surface area (TPSA) is 38.0 Å². The van der Waals surface area contributed by atoms with Gasteiger partial charge in [0.15, 0.2) is 0 Å². The van der Waals surface area contributed by atoms with Crippen molar-refractivity contribution in [2.24, 2.45) is 0 Å². The molecule has 17 heavy (non-hydrogen) atoms. The van der Waals surface area contributed by atoms with E-state index in [1.165, 1.54) is 12.1 Å². The zero-order valence-corrected chi connectivity index (χ0v) is 11.0. The van der Waals surface area contributed by atoms with E-state index in [1.54, 1.807) is 12.1 Å². The lowest BCUT2D eigenvalue weighted by Crippen LogP contribution is -1.94. The van der Waals surface area contributed by atoms with Gasteiger partial charge >= 0.3 is 0 Å². The molecule has 2 aromatic carbocycles. The molecule has 0 fully saturated rings. The van der Waals surface area contributed by atoms with Gasteiger partial charge in [-0.15, -0.1) is 0 Å². The molecule has 0 bridgehead atoms. The fraction of sp³-hybridized carbons (Fsp3) is 0. The largest absolute Gasteiger partial charge is 0.399 e. The molecule has 88 valence electrons. The molecule has 3 N–H and O–H groups in total. The van der Waals surface area contributed by atoms with E-state index in [0.29, 0.717) is 20.9 Å². The summed E-state index contributed by atoms with van der Waals surface area (Å²) < 4.78 is 13.6. The van der Waals surface area contributed by atoms with Crippen LogP contribution in [-0.4, -0.2) is 0 Å². The van der Waals surface area contributed by atoms with E-state index < -0.39 is 0 Å². The molecule has 0 aliphatic carbocycles. The average molecular weight is 316 g/mol. The maximum atomic E-state index is 13.0. The molecule has 0 saturated carbocycles. The van der Waals surface area contributed by atoms with Gasteiger partial charge in [-0.05, 0) is 52.3 Å². The Morgan fingerprint density at radius 3 is 2.41 bits per heavy atom. The molecule has 0 amide bonds. The number of hydrogen-bond acceptors (Lipinski definition) is 2. The van der Waals surface area contributed by atoms with E-state index in [-0.39, 0.29) is 5.82 Å². The fourth-order valence-electron chi connectivity index (χ4n) is 1.37. The van der Waals surface area contributed by atoms with Crippen molar-refractivity contribution in [1.82, 2.24) is 0 Å². The molecule has 2 rings (SSSR count). The van der Waals surface area contributed by atoms with Crippen LogP contribution in [0.4, 0.5) is 21.5 Å². The Kier molecular flexibility index (Phi) is 3.54. The summed E-state index contributed by atoms with van der Waals surface area (Å²) in [7, 11) is 0. The lowest BCUT2D eigenvalue weighted by atomic mass is 10.2. The van der Waals surface area contributed by atoms with Crippen LogP contribution in [0.2, 0.25) is 5.02 Å². The minimum absolute atomic E-state index is 0.314. The molecule has 2 nitrogen and oxygen atoms in total. The number of nitrogens with two attached hydrogens (primary N) is 1. The number of halogens is 3. The first-order chi connectivity index (χ1) is 8.06. The van der Waals surface area contributed by atoms with Crippen LogP contribution in [0.15, 0.2) is 40.9 Å². The predicted octanol–water partition coefficient (Wildman–Crippen LogP) is 4.57. The van der Waals surface area contributed by atoms with Crippen molar-refractivity contribution in [3.63, 3.8) is 0 Å². The second-order valence-electron chi connectivity index (χ2n) is 3.49. The first kappa shape index (κ1) is 12.2. The van der Waals surface area contributed by atoms with Crippen LogP contribution in [0, 0.1) is 5.82 Å². The highest BCUT2D eigenvalue weighted by molar-refractivity contribution is 9.10. The summed E-state index contributed by atoms with van der Waals surface area (Å²) in [6.07, 6.45) is 0. The number of benzene rings is 2. The molecule has 0 aliphatic rings. The van der Waals surface area contributed by atoms with Gasteiger partial charge in [-0.25, -0.2) is 4.39 Å². The molecule has 0 spiro atoms. The normalized spacial score (nSPS) is 10.3.